The fourth-order valence-electron chi connectivity index (χ4n) is 2.07. The summed E-state index contributed by atoms with van der Waals surface area (Å²) < 4.78 is 0.941. The molecule has 1 fully saturated rings. The van der Waals surface area contributed by atoms with E-state index in [-0.39, 0.29) is 17.7 Å². The molecule has 0 saturated carbocycles. The topological polar surface area (TPSA) is 78.9 Å². The van der Waals surface area contributed by atoms with Gasteiger partial charge in [0.15, 0.2) is 0 Å². The molecule has 98 valence electrons. The van der Waals surface area contributed by atoms with E-state index in [1.165, 1.54) is 11.3 Å². The first-order chi connectivity index (χ1) is 8.61. The highest BCUT2D eigenvalue weighted by molar-refractivity contribution is 9.11. The predicted octanol–water partition coefficient (Wildman–Crippen LogP) is 2.11. The van der Waals surface area contributed by atoms with Gasteiger partial charge >= 0.3 is 0 Å². The Balaban J connectivity index is 2.07. The fraction of sp³-hybridized carbons (Fsp3) is 0.455. The second-order valence-electron chi connectivity index (χ2n) is 4.22. The van der Waals surface area contributed by atoms with Crippen LogP contribution in [0.25, 0.3) is 0 Å². The van der Waals surface area contributed by atoms with Crippen LogP contribution >= 0.6 is 27.3 Å². The van der Waals surface area contributed by atoms with Crippen molar-refractivity contribution in [1.82, 2.24) is 4.90 Å². The standard InChI is InChI=1S/C11H14BrN3O2S/c12-9-4-3-8(18-9)11(16)15-5-1-2-7(6-15)10(13)14-17/h3-4,7,17H,1-2,5-6H2,(H2,13,14). The molecular formula is C11H14BrN3O2S. The van der Waals surface area contributed by atoms with Crippen LogP contribution in [0, 0.1) is 5.92 Å². The van der Waals surface area contributed by atoms with Crippen LogP contribution in [0.3, 0.4) is 0 Å². The van der Waals surface area contributed by atoms with E-state index >= 15 is 0 Å². The van der Waals surface area contributed by atoms with E-state index in [1.807, 2.05) is 12.1 Å². The molecule has 18 heavy (non-hydrogen) atoms. The maximum atomic E-state index is 12.2. The molecule has 1 aromatic heterocycles. The molecule has 2 heterocycles. The molecule has 1 atom stereocenters. The first kappa shape index (κ1) is 13.4. The summed E-state index contributed by atoms with van der Waals surface area (Å²) in [5.74, 6) is 0.178. The van der Waals surface area contributed by atoms with Gasteiger partial charge in [-0.25, -0.2) is 0 Å². The molecule has 0 aliphatic carbocycles. The van der Waals surface area contributed by atoms with Crippen molar-refractivity contribution in [2.45, 2.75) is 12.8 Å². The zero-order chi connectivity index (χ0) is 13.1. The largest absolute Gasteiger partial charge is 0.409 e. The Hall–Kier alpha value is -1.08. The number of thiophene rings is 1. The van der Waals surface area contributed by atoms with Gasteiger partial charge in [-0.3, -0.25) is 4.79 Å². The Labute approximate surface area is 117 Å². The van der Waals surface area contributed by atoms with E-state index in [1.54, 1.807) is 4.90 Å². The van der Waals surface area contributed by atoms with Crippen molar-refractivity contribution >= 4 is 39.0 Å². The van der Waals surface area contributed by atoms with Gasteiger partial charge in [0.2, 0.25) is 0 Å². The van der Waals surface area contributed by atoms with Crippen LogP contribution in [0.2, 0.25) is 0 Å². The van der Waals surface area contributed by atoms with Gasteiger partial charge in [0.1, 0.15) is 5.84 Å². The van der Waals surface area contributed by atoms with E-state index < -0.39 is 0 Å². The van der Waals surface area contributed by atoms with Crippen molar-refractivity contribution in [3.8, 4) is 0 Å². The maximum absolute atomic E-state index is 12.2. The second-order valence-corrected chi connectivity index (χ2v) is 6.68. The van der Waals surface area contributed by atoms with E-state index in [9.17, 15) is 4.79 Å². The Morgan fingerprint density at radius 1 is 1.61 bits per heavy atom. The minimum absolute atomic E-state index is 0.0149. The van der Waals surface area contributed by atoms with Crippen molar-refractivity contribution < 1.29 is 10.0 Å². The smallest absolute Gasteiger partial charge is 0.263 e. The number of rotatable bonds is 2. The number of piperidine rings is 1. The average Bonchev–Trinajstić information content (AvgIpc) is 2.83. The number of oxime groups is 1. The molecule has 0 radical (unpaired) electrons. The first-order valence-electron chi connectivity index (χ1n) is 5.64. The second kappa shape index (κ2) is 5.71. The van der Waals surface area contributed by atoms with E-state index in [0.717, 1.165) is 23.2 Å². The number of amides is 1. The van der Waals surface area contributed by atoms with Crippen molar-refractivity contribution in [2.24, 2.45) is 16.8 Å². The predicted molar refractivity (Wildman–Crippen MR) is 74.1 cm³/mol. The molecule has 0 aromatic carbocycles. The third kappa shape index (κ3) is 2.84. The lowest BCUT2D eigenvalue weighted by Crippen LogP contribution is -2.44. The number of amidine groups is 1. The highest BCUT2D eigenvalue weighted by Crippen LogP contribution is 2.25. The Morgan fingerprint density at radius 3 is 3.00 bits per heavy atom. The zero-order valence-electron chi connectivity index (χ0n) is 9.67. The number of halogens is 1. The molecule has 3 N–H and O–H groups in total. The van der Waals surface area contributed by atoms with Crippen molar-refractivity contribution in [3.63, 3.8) is 0 Å². The molecule has 1 aliphatic heterocycles. The monoisotopic (exact) mass is 331 g/mol. The number of hydrogen-bond acceptors (Lipinski definition) is 4. The van der Waals surface area contributed by atoms with Crippen LogP contribution in [-0.2, 0) is 0 Å². The molecule has 2 rings (SSSR count). The minimum atomic E-state index is -0.0453. The van der Waals surface area contributed by atoms with E-state index in [2.05, 4.69) is 21.1 Å². The summed E-state index contributed by atoms with van der Waals surface area (Å²) >= 11 is 4.77. The Kier molecular flexibility index (Phi) is 4.23. The van der Waals surface area contributed by atoms with E-state index in [0.29, 0.717) is 11.4 Å². The van der Waals surface area contributed by atoms with Crippen molar-refractivity contribution in [2.75, 3.05) is 13.1 Å². The quantitative estimate of drug-likeness (QED) is 0.377. The van der Waals surface area contributed by atoms with Gasteiger partial charge < -0.3 is 15.8 Å². The number of nitrogens with zero attached hydrogens (tertiary/aromatic N) is 2. The third-order valence-corrected chi connectivity index (χ3v) is 4.64. The summed E-state index contributed by atoms with van der Waals surface area (Å²) in [5, 5.41) is 11.7. The molecular weight excluding hydrogens is 318 g/mol. The van der Waals surface area contributed by atoms with Crippen LogP contribution in [0.1, 0.15) is 22.5 Å². The number of carbonyl (C=O) groups excluding carboxylic acids is 1. The van der Waals surface area contributed by atoms with Crippen molar-refractivity contribution in [1.29, 1.82) is 0 Å². The Morgan fingerprint density at radius 2 is 2.39 bits per heavy atom. The summed E-state index contributed by atoms with van der Waals surface area (Å²) in [5.41, 5.74) is 5.61. The first-order valence-corrected chi connectivity index (χ1v) is 7.25. The number of likely N-dealkylation sites (tertiary alicyclic amines) is 1. The van der Waals surface area contributed by atoms with Crippen LogP contribution in [0.15, 0.2) is 21.1 Å². The van der Waals surface area contributed by atoms with Gasteiger partial charge in [0, 0.05) is 19.0 Å². The third-order valence-electron chi connectivity index (χ3n) is 3.03. The number of carbonyl (C=O) groups is 1. The van der Waals surface area contributed by atoms with Crippen molar-refractivity contribution in [3.05, 3.63) is 20.8 Å². The van der Waals surface area contributed by atoms with E-state index in [4.69, 9.17) is 10.9 Å². The molecule has 5 nitrogen and oxygen atoms in total. The van der Waals surface area contributed by atoms with Gasteiger partial charge in [-0.05, 0) is 40.9 Å². The van der Waals surface area contributed by atoms with Gasteiger partial charge in [0.25, 0.3) is 5.91 Å². The average molecular weight is 332 g/mol. The molecule has 1 unspecified atom stereocenters. The van der Waals surface area contributed by atoms with Crippen LogP contribution in [-0.4, -0.2) is 34.9 Å². The summed E-state index contributed by atoms with van der Waals surface area (Å²) in [6.07, 6.45) is 1.73. The highest BCUT2D eigenvalue weighted by Gasteiger charge is 2.27. The molecule has 1 amide bonds. The Bertz CT molecular complexity index is 475. The normalized spacial score (nSPS) is 21.1. The molecule has 1 aromatic rings. The van der Waals surface area contributed by atoms with Crippen LogP contribution < -0.4 is 5.73 Å². The highest BCUT2D eigenvalue weighted by atomic mass is 79.9. The van der Waals surface area contributed by atoms with Gasteiger partial charge in [-0.2, -0.15) is 0 Å². The van der Waals surface area contributed by atoms with Crippen LogP contribution in [0.5, 0.6) is 0 Å². The summed E-state index contributed by atoms with van der Waals surface area (Å²) in [4.78, 5) is 14.7. The van der Waals surface area contributed by atoms with Gasteiger partial charge in [-0.15, -0.1) is 11.3 Å². The summed E-state index contributed by atoms with van der Waals surface area (Å²) in [6.45, 7) is 1.24. The van der Waals surface area contributed by atoms with Gasteiger partial charge in [0.05, 0.1) is 8.66 Å². The maximum Gasteiger partial charge on any atom is 0.263 e. The molecule has 1 saturated heterocycles. The van der Waals surface area contributed by atoms with Gasteiger partial charge in [-0.1, -0.05) is 5.16 Å². The fourth-order valence-corrected chi connectivity index (χ4v) is 3.42. The SMILES string of the molecule is NC(=NO)C1CCCN(C(=O)c2ccc(Br)s2)C1. The molecule has 0 spiro atoms. The lowest BCUT2D eigenvalue weighted by molar-refractivity contribution is 0.0706. The minimum Gasteiger partial charge on any atom is -0.409 e. The number of hydrogen-bond donors (Lipinski definition) is 2. The molecule has 0 bridgehead atoms. The zero-order valence-corrected chi connectivity index (χ0v) is 12.1. The summed E-state index contributed by atoms with van der Waals surface area (Å²) in [6, 6.07) is 3.67. The number of nitrogens with two attached hydrogens (primary N) is 1. The lowest BCUT2D eigenvalue weighted by atomic mass is 9.97. The van der Waals surface area contributed by atoms with Crippen LogP contribution in [0.4, 0.5) is 0 Å². The molecule has 7 heteroatoms. The summed E-state index contributed by atoms with van der Waals surface area (Å²) in [7, 11) is 0. The lowest BCUT2D eigenvalue weighted by Gasteiger charge is -2.31. The molecule has 1 aliphatic rings.